The van der Waals surface area contributed by atoms with Crippen molar-refractivity contribution in [2.24, 2.45) is 0 Å². The predicted octanol–water partition coefficient (Wildman–Crippen LogP) is 1.12. The van der Waals surface area contributed by atoms with Crippen LogP contribution in [-0.4, -0.2) is 20.4 Å². The SMILES string of the molecule is CNS(=O)(=O)c1cc(C)c(C)c([N+](=O)[O-])c1. The summed E-state index contributed by atoms with van der Waals surface area (Å²) in [5.74, 6) is 0. The van der Waals surface area contributed by atoms with Gasteiger partial charge in [-0.05, 0) is 32.5 Å². The van der Waals surface area contributed by atoms with Crippen LogP contribution >= 0.6 is 0 Å². The van der Waals surface area contributed by atoms with Gasteiger partial charge in [-0.15, -0.1) is 0 Å². The Morgan fingerprint density at radius 2 is 1.88 bits per heavy atom. The van der Waals surface area contributed by atoms with Gasteiger partial charge < -0.3 is 0 Å². The number of nitro benzene ring substituents is 1. The van der Waals surface area contributed by atoms with Gasteiger partial charge in [0.25, 0.3) is 5.69 Å². The molecular formula is C9H12N2O4S. The second-order valence-electron chi connectivity index (χ2n) is 3.35. The van der Waals surface area contributed by atoms with Crippen LogP contribution in [0.15, 0.2) is 17.0 Å². The normalized spacial score (nSPS) is 11.4. The van der Waals surface area contributed by atoms with Crippen molar-refractivity contribution in [2.75, 3.05) is 7.05 Å². The molecule has 0 saturated heterocycles. The second-order valence-corrected chi connectivity index (χ2v) is 5.24. The molecule has 1 rings (SSSR count). The highest BCUT2D eigenvalue weighted by molar-refractivity contribution is 7.89. The number of nitro groups is 1. The fourth-order valence-corrected chi connectivity index (χ4v) is 2.11. The van der Waals surface area contributed by atoms with Gasteiger partial charge in [-0.25, -0.2) is 13.1 Å². The van der Waals surface area contributed by atoms with Gasteiger partial charge in [-0.1, -0.05) is 0 Å². The largest absolute Gasteiger partial charge is 0.273 e. The molecule has 0 saturated carbocycles. The van der Waals surface area contributed by atoms with Crippen molar-refractivity contribution in [3.63, 3.8) is 0 Å². The Kier molecular flexibility index (Phi) is 3.30. The van der Waals surface area contributed by atoms with Gasteiger partial charge in [0, 0.05) is 11.6 Å². The summed E-state index contributed by atoms with van der Waals surface area (Å²) >= 11 is 0. The lowest BCUT2D eigenvalue weighted by Crippen LogP contribution is -2.19. The van der Waals surface area contributed by atoms with E-state index in [4.69, 9.17) is 0 Å². The first-order chi connectivity index (χ1) is 7.29. The molecule has 1 aromatic carbocycles. The summed E-state index contributed by atoms with van der Waals surface area (Å²) in [5.41, 5.74) is 0.858. The van der Waals surface area contributed by atoms with Crippen molar-refractivity contribution >= 4 is 15.7 Å². The molecule has 16 heavy (non-hydrogen) atoms. The highest BCUT2D eigenvalue weighted by Crippen LogP contribution is 2.25. The molecule has 0 bridgehead atoms. The summed E-state index contributed by atoms with van der Waals surface area (Å²) in [4.78, 5) is 10.1. The fourth-order valence-electron chi connectivity index (χ4n) is 1.27. The van der Waals surface area contributed by atoms with Crippen LogP contribution in [-0.2, 0) is 10.0 Å². The maximum Gasteiger partial charge on any atom is 0.273 e. The van der Waals surface area contributed by atoms with Crippen LogP contribution in [0, 0.1) is 24.0 Å². The van der Waals surface area contributed by atoms with Crippen LogP contribution in [0.4, 0.5) is 5.69 Å². The second kappa shape index (κ2) is 4.18. The fraction of sp³-hybridized carbons (Fsp3) is 0.333. The molecule has 0 atom stereocenters. The number of benzene rings is 1. The van der Waals surface area contributed by atoms with Gasteiger partial charge in [0.15, 0.2) is 0 Å². The van der Waals surface area contributed by atoms with Crippen LogP contribution in [0.1, 0.15) is 11.1 Å². The number of hydrogen-bond acceptors (Lipinski definition) is 4. The van der Waals surface area contributed by atoms with Gasteiger partial charge in [-0.2, -0.15) is 0 Å². The molecule has 0 amide bonds. The number of nitrogens with zero attached hydrogens (tertiary/aromatic N) is 1. The molecule has 88 valence electrons. The predicted molar refractivity (Wildman–Crippen MR) is 58.8 cm³/mol. The van der Waals surface area contributed by atoms with Crippen LogP contribution in [0.2, 0.25) is 0 Å². The first kappa shape index (κ1) is 12.6. The molecule has 0 fully saturated rings. The van der Waals surface area contributed by atoms with E-state index in [-0.39, 0.29) is 10.6 Å². The zero-order chi connectivity index (χ0) is 12.5. The average Bonchev–Trinajstić information content (AvgIpc) is 2.21. The first-order valence-electron chi connectivity index (χ1n) is 4.49. The van der Waals surface area contributed by atoms with Crippen molar-refractivity contribution in [2.45, 2.75) is 18.7 Å². The van der Waals surface area contributed by atoms with Gasteiger partial charge in [0.2, 0.25) is 10.0 Å². The molecule has 1 N–H and O–H groups in total. The highest BCUT2D eigenvalue weighted by Gasteiger charge is 2.20. The van der Waals surface area contributed by atoms with Crippen molar-refractivity contribution in [1.82, 2.24) is 4.72 Å². The third kappa shape index (κ3) is 2.20. The molecule has 0 aliphatic carbocycles. The third-order valence-electron chi connectivity index (χ3n) is 2.39. The molecular weight excluding hydrogens is 232 g/mol. The van der Waals surface area contributed by atoms with Gasteiger partial charge in [0.05, 0.1) is 9.82 Å². The van der Waals surface area contributed by atoms with Crippen LogP contribution in [0.25, 0.3) is 0 Å². The third-order valence-corrected chi connectivity index (χ3v) is 3.78. The van der Waals surface area contributed by atoms with E-state index in [2.05, 4.69) is 4.72 Å². The molecule has 0 spiro atoms. The monoisotopic (exact) mass is 244 g/mol. The van der Waals surface area contributed by atoms with E-state index < -0.39 is 14.9 Å². The Labute approximate surface area is 93.5 Å². The molecule has 7 heteroatoms. The minimum Gasteiger partial charge on any atom is -0.258 e. The lowest BCUT2D eigenvalue weighted by molar-refractivity contribution is -0.385. The molecule has 0 unspecified atom stereocenters. The number of sulfonamides is 1. The van der Waals surface area contributed by atoms with Crippen LogP contribution in [0.3, 0.4) is 0 Å². The summed E-state index contributed by atoms with van der Waals surface area (Å²) in [5, 5.41) is 10.7. The van der Waals surface area contributed by atoms with E-state index in [9.17, 15) is 18.5 Å². The molecule has 0 heterocycles. The number of hydrogen-bond donors (Lipinski definition) is 1. The van der Waals surface area contributed by atoms with Crippen molar-refractivity contribution in [3.05, 3.63) is 33.4 Å². The Morgan fingerprint density at radius 1 is 1.31 bits per heavy atom. The smallest absolute Gasteiger partial charge is 0.258 e. The van der Waals surface area contributed by atoms with Gasteiger partial charge in [0.1, 0.15) is 0 Å². The van der Waals surface area contributed by atoms with Crippen LogP contribution in [0.5, 0.6) is 0 Å². The molecule has 1 aromatic rings. The van der Waals surface area contributed by atoms with E-state index in [0.29, 0.717) is 11.1 Å². The zero-order valence-electron chi connectivity index (χ0n) is 9.14. The maximum absolute atomic E-state index is 11.5. The average molecular weight is 244 g/mol. The zero-order valence-corrected chi connectivity index (χ0v) is 9.96. The van der Waals surface area contributed by atoms with E-state index >= 15 is 0 Å². The quantitative estimate of drug-likeness (QED) is 0.637. The lowest BCUT2D eigenvalue weighted by atomic mass is 10.1. The van der Waals surface area contributed by atoms with E-state index in [0.717, 1.165) is 6.07 Å². The number of nitrogens with one attached hydrogen (secondary N) is 1. The van der Waals surface area contributed by atoms with E-state index in [1.807, 2.05) is 0 Å². The summed E-state index contributed by atoms with van der Waals surface area (Å²) in [6, 6.07) is 2.47. The van der Waals surface area contributed by atoms with E-state index in [1.165, 1.54) is 13.1 Å². The summed E-state index contributed by atoms with van der Waals surface area (Å²) in [6.07, 6.45) is 0. The molecule has 0 aromatic heterocycles. The lowest BCUT2D eigenvalue weighted by Gasteiger charge is -2.06. The van der Waals surface area contributed by atoms with Gasteiger partial charge >= 0.3 is 0 Å². The Balaban J connectivity index is 3.53. The van der Waals surface area contributed by atoms with Gasteiger partial charge in [-0.3, -0.25) is 10.1 Å². The maximum atomic E-state index is 11.5. The summed E-state index contributed by atoms with van der Waals surface area (Å²) < 4.78 is 25.1. The molecule has 0 aliphatic heterocycles. The Morgan fingerprint density at radius 3 is 2.31 bits per heavy atom. The van der Waals surface area contributed by atoms with Crippen LogP contribution < -0.4 is 4.72 Å². The van der Waals surface area contributed by atoms with E-state index in [1.54, 1.807) is 13.8 Å². The minimum absolute atomic E-state index is 0.0928. The summed E-state index contributed by atoms with van der Waals surface area (Å²) in [6.45, 7) is 3.22. The number of aryl methyl sites for hydroxylation is 1. The van der Waals surface area contributed by atoms with Crippen molar-refractivity contribution in [1.29, 1.82) is 0 Å². The highest BCUT2D eigenvalue weighted by atomic mass is 32.2. The minimum atomic E-state index is -3.65. The standard InChI is InChI=1S/C9H12N2O4S/c1-6-4-8(16(14,15)10-3)5-9(7(6)2)11(12)13/h4-5,10H,1-3H3. The molecule has 0 radical (unpaired) electrons. The Bertz CT molecular complexity index is 537. The summed E-state index contributed by atoms with van der Waals surface area (Å²) in [7, 11) is -2.39. The molecule has 0 aliphatic rings. The Hall–Kier alpha value is -1.47. The topological polar surface area (TPSA) is 89.3 Å². The van der Waals surface area contributed by atoms with Crippen molar-refractivity contribution < 1.29 is 13.3 Å². The first-order valence-corrected chi connectivity index (χ1v) is 5.97. The number of rotatable bonds is 3. The molecule has 6 nitrogen and oxygen atoms in total. The van der Waals surface area contributed by atoms with Crippen molar-refractivity contribution in [3.8, 4) is 0 Å².